The van der Waals surface area contributed by atoms with Gasteiger partial charge in [-0.1, -0.05) is 32.9 Å². The smallest absolute Gasteiger partial charge is 0.409 e. The van der Waals surface area contributed by atoms with Crippen LogP contribution in [0.25, 0.3) is 0 Å². The minimum absolute atomic E-state index is 0.0500. The molecule has 34 heavy (non-hydrogen) atoms. The Morgan fingerprint density at radius 1 is 1.09 bits per heavy atom. The number of nitrogens with zero attached hydrogens (tertiary/aromatic N) is 1. The summed E-state index contributed by atoms with van der Waals surface area (Å²) in [6.07, 6.45) is -1.56. The molecule has 1 atom stereocenters. The topological polar surface area (TPSA) is 94.5 Å². The Balaban J connectivity index is 2.58. The van der Waals surface area contributed by atoms with Crippen LogP contribution in [0.4, 0.5) is 13.6 Å². The molecule has 1 amide bonds. The number of amides is 1. The number of carboxylic acids is 1. The van der Waals surface area contributed by atoms with Crippen LogP contribution in [-0.2, 0) is 25.4 Å². The molecule has 0 aliphatic rings. The van der Waals surface area contributed by atoms with E-state index in [1.165, 1.54) is 11.8 Å². The van der Waals surface area contributed by atoms with Crippen LogP contribution in [0.1, 0.15) is 39.7 Å². The molecule has 0 bridgehead atoms. The van der Waals surface area contributed by atoms with Crippen LogP contribution in [0, 0.1) is 5.92 Å². The minimum Gasteiger partial charge on any atom is -0.492 e. The Morgan fingerprint density at radius 3 is 2.29 bits per heavy atom. The molecule has 0 radical (unpaired) electrons. The maximum atomic E-state index is 13.3. The lowest BCUT2D eigenvalue weighted by Crippen LogP contribution is -2.38. The van der Waals surface area contributed by atoms with Crippen molar-refractivity contribution in [3.63, 3.8) is 0 Å². The van der Waals surface area contributed by atoms with Crippen molar-refractivity contribution in [2.75, 3.05) is 46.1 Å². The number of hydrogen-bond donors (Lipinski definition) is 1. The van der Waals surface area contributed by atoms with Gasteiger partial charge < -0.3 is 29.0 Å². The van der Waals surface area contributed by atoms with Crippen molar-refractivity contribution >= 4 is 12.1 Å². The van der Waals surface area contributed by atoms with E-state index in [0.717, 1.165) is 5.56 Å². The lowest BCUT2D eigenvalue weighted by atomic mass is 10.1. The summed E-state index contributed by atoms with van der Waals surface area (Å²) in [6.45, 7) is 7.15. The predicted octanol–water partition coefficient (Wildman–Crippen LogP) is 4.25. The molecule has 194 valence electrons. The summed E-state index contributed by atoms with van der Waals surface area (Å²) in [7, 11) is 0. The van der Waals surface area contributed by atoms with E-state index in [4.69, 9.17) is 18.9 Å². The van der Waals surface area contributed by atoms with Crippen LogP contribution >= 0.6 is 0 Å². The average Bonchev–Trinajstić information content (AvgIpc) is 2.79. The average molecular weight is 490 g/mol. The second-order valence-electron chi connectivity index (χ2n) is 8.20. The maximum Gasteiger partial charge on any atom is 0.409 e. The van der Waals surface area contributed by atoms with Crippen LogP contribution < -0.4 is 4.74 Å². The summed E-state index contributed by atoms with van der Waals surface area (Å²) in [4.78, 5) is 25.0. The Hall–Kier alpha value is -2.46. The molecule has 0 saturated carbocycles. The molecule has 0 spiro atoms. The van der Waals surface area contributed by atoms with Crippen molar-refractivity contribution in [3.05, 3.63) is 29.8 Å². The third-order valence-corrected chi connectivity index (χ3v) is 4.75. The molecule has 1 rings (SSSR count). The van der Waals surface area contributed by atoms with Gasteiger partial charge in [-0.05, 0) is 30.5 Å². The van der Waals surface area contributed by atoms with Gasteiger partial charge >= 0.3 is 12.1 Å². The number of rotatable bonds is 17. The number of hydrogen-bond acceptors (Lipinski definition) is 6. The van der Waals surface area contributed by atoms with Gasteiger partial charge in [-0.2, -0.15) is 0 Å². The van der Waals surface area contributed by atoms with Gasteiger partial charge in [0.2, 0.25) is 0 Å². The first-order chi connectivity index (χ1) is 16.1. The van der Waals surface area contributed by atoms with Gasteiger partial charge in [0.15, 0.2) is 6.10 Å². The summed E-state index contributed by atoms with van der Waals surface area (Å²) in [5.74, 6) is -3.22. The second kappa shape index (κ2) is 15.4. The number of alkyl halides is 2. The molecule has 0 saturated heterocycles. The van der Waals surface area contributed by atoms with E-state index in [9.17, 15) is 23.5 Å². The molecule has 1 N–H and O–H groups in total. The first kappa shape index (κ1) is 29.6. The summed E-state index contributed by atoms with van der Waals surface area (Å²) in [6, 6.07) is 6.91. The summed E-state index contributed by atoms with van der Waals surface area (Å²) < 4.78 is 47.9. The Morgan fingerprint density at radius 2 is 1.74 bits per heavy atom. The number of benzene rings is 1. The number of carbonyl (C=O) groups excluding carboxylic acids is 1. The summed E-state index contributed by atoms with van der Waals surface area (Å²) in [5, 5.41) is 9.19. The van der Waals surface area contributed by atoms with Crippen LogP contribution in [-0.4, -0.2) is 80.2 Å². The minimum atomic E-state index is -2.90. The Labute approximate surface area is 200 Å². The van der Waals surface area contributed by atoms with Crippen molar-refractivity contribution in [3.8, 4) is 5.75 Å². The van der Waals surface area contributed by atoms with Gasteiger partial charge in [-0.25, -0.2) is 18.4 Å². The molecule has 1 aromatic carbocycles. The SMILES string of the molecule is CCOC(Cc1ccc(OCCN(CCOCC(F)(F)CC)C(=O)OCC(C)C)cc1)C(=O)O. The fourth-order valence-corrected chi connectivity index (χ4v) is 2.75. The zero-order valence-electron chi connectivity index (χ0n) is 20.4. The van der Waals surface area contributed by atoms with E-state index in [1.807, 2.05) is 13.8 Å². The van der Waals surface area contributed by atoms with Gasteiger partial charge in [0.25, 0.3) is 5.92 Å². The zero-order valence-corrected chi connectivity index (χ0v) is 20.4. The second-order valence-corrected chi connectivity index (χ2v) is 8.20. The molecule has 0 fully saturated rings. The van der Waals surface area contributed by atoms with E-state index in [1.54, 1.807) is 31.2 Å². The third kappa shape index (κ3) is 12.1. The highest BCUT2D eigenvalue weighted by Crippen LogP contribution is 2.18. The highest BCUT2D eigenvalue weighted by molar-refractivity contribution is 5.72. The molecule has 1 unspecified atom stereocenters. The lowest BCUT2D eigenvalue weighted by molar-refractivity contribution is -0.149. The molecule has 0 aliphatic carbocycles. The number of aliphatic carboxylic acids is 1. The first-order valence-electron chi connectivity index (χ1n) is 11.5. The number of ether oxygens (including phenoxy) is 4. The fraction of sp³-hybridized carbons (Fsp3) is 0.667. The quantitative estimate of drug-likeness (QED) is 0.327. The van der Waals surface area contributed by atoms with E-state index < -0.39 is 30.7 Å². The fourth-order valence-electron chi connectivity index (χ4n) is 2.75. The normalized spacial score (nSPS) is 12.4. The van der Waals surface area contributed by atoms with Gasteiger partial charge in [0.1, 0.15) is 19.0 Å². The molecular formula is C24H37F2NO7. The highest BCUT2D eigenvalue weighted by atomic mass is 19.3. The molecule has 1 aromatic rings. The number of carboxylic acid groups (broad SMARTS) is 1. The first-order valence-corrected chi connectivity index (χ1v) is 11.5. The monoisotopic (exact) mass is 489 g/mol. The van der Waals surface area contributed by atoms with Gasteiger partial charge in [-0.15, -0.1) is 0 Å². The van der Waals surface area contributed by atoms with Crippen molar-refractivity contribution in [2.45, 2.75) is 52.6 Å². The van der Waals surface area contributed by atoms with Crippen LogP contribution in [0.3, 0.4) is 0 Å². The van der Waals surface area contributed by atoms with Crippen molar-refractivity contribution in [2.24, 2.45) is 5.92 Å². The summed E-state index contributed by atoms with van der Waals surface area (Å²) in [5.41, 5.74) is 0.785. The molecular weight excluding hydrogens is 452 g/mol. The predicted molar refractivity (Wildman–Crippen MR) is 123 cm³/mol. The number of carbonyl (C=O) groups is 2. The van der Waals surface area contributed by atoms with Gasteiger partial charge in [0, 0.05) is 26.0 Å². The Kier molecular flexibility index (Phi) is 13.4. The molecule has 8 nitrogen and oxygen atoms in total. The van der Waals surface area contributed by atoms with Gasteiger partial charge in [0.05, 0.1) is 19.8 Å². The van der Waals surface area contributed by atoms with Crippen molar-refractivity contribution in [1.29, 1.82) is 0 Å². The van der Waals surface area contributed by atoms with Crippen LogP contribution in [0.5, 0.6) is 5.75 Å². The molecule has 0 aromatic heterocycles. The molecule has 0 aliphatic heterocycles. The van der Waals surface area contributed by atoms with Crippen molar-refractivity contribution < 1.29 is 42.4 Å². The van der Waals surface area contributed by atoms with Crippen LogP contribution in [0.2, 0.25) is 0 Å². The number of halogens is 2. The van der Waals surface area contributed by atoms with E-state index >= 15 is 0 Å². The zero-order chi connectivity index (χ0) is 25.6. The Bertz CT molecular complexity index is 729. The summed E-state index contributed by atoms with van der Waals surface area (Å²) >= 11 is 0. The molecule has 10 heteroatoms. The highest BCUT2D eigenvalue weighted by Gasteiger charge is 2.26. The third-order valence-electron chi connectivity index (χ3n) is 4.75. The standard InChI is InChI=1S/C24H37F2NO7/c1-5-24(25,26)17-31-13-11-27(23(30)34-16-18(3)4)12-14-33-20-9-7-19(8-10-20)15-21(22(28)29)32-6-2/h7-10,18,21H,5-6,11-17H2,1-4H3,(H,28,29). The van der Waals surface area contributed by atoms with Gasteiger partial charge in [-0.3, -0.25) is 0 Å². The van der Waals surface area contributed by atoms with Crippen molar-refractivity contribution in [1.82, 2.24) is 4.90 Å². The van der Waals surface area contributed by atoms with E-state index in [0.29, 0.717) is 12.4 Å². The maximum absolute atomic E-state index is 13.3. The van der Waals surface area contributed by atoms with Crippen LogP contribution in [0.15, 0.2) is 24.3 Å². The lowest BCUT2D eigenvalue weighted by Gasteiger charge is -2.23. The molecule has 0 heterocycles. The largest absolute Gasteiger partial charge is 0.492 e. The van der Waals surface area contributed by atoms with E-state index in [2.05, 4.69) is 0 Å². The van der Waals surface area contributed by atoms with E-state index in [-0.39, 0.29) is 51.7 Å².